The van der Waals surface area contributed by atoms with Crippen LogP contribution in [0.5, 0.6) is 0 Å². The Balaban J connectivity index is 2.01. The smallest absolute Gasteiger partial charge is 0.274 e. The third kappa shape index (κ3) is 4.14. The molecule has 22 heavy (non-hydrogen) atoms. The summed E-state index contributed by atoms with van der Waals surface area (Å²) < 4.78 is 0. The number of aldehydes is 1. The molecule has 7 nitrogen and oxygen atoms in total. The van der Waals surface area contributed by atoms with Gasteiger partial charge in [-0.15, -0.1) is 0 Å². The Morgan fingerprint density at radius 1 is 1.18 bits per heavy atom. The lowest BCUT2D eigenvalue weighted by Gasteiger charge is -2.05. The highest BCUT2D eigenvalue weighted by Gasteiger charge is 2.07. The van der Waals surface area contributed by atoms with Gasteiger partial charge in [0, 0.05) is 17.4 Å². The Bertz CT molecular complexity index is 689. The molecule has 112 valence electrons. The predicted molar refractivity (Wildman–Crippen MR) is 83.5 cm³/mol. The van der Waals surface area contributed by atoms with Crippen molar-refractivity contribution in [3.05, 3.63) is 59.4 Å². The maximum Gasteiger partial charge on any atom is 0.274 e. The molecule has 1 amide bonds. The number of nitrogens with one attached hydrogen (secondary N) is 1. The molecule has 0 aliphatic heterocycles. The number of rotatable bonds is 5. The fourth-order valence-electron chi connectivity index (χ4n) is 1.68. The lowest BCUT2D eigenvalue weighted by Crippen LogP contribution is -2.22. The van der Waals surface area contributed by atoms with Crippen molar-refractivity contribution in [3.63, 3.8) is 0 Å². The first-order chi connectivity index (χ1) is 10.6. The number of hydrogen-bond donors (Lipinski definition) is 3. The molecule has 2 aromatic rings. The van der Waals surface area contributed by atoms with E-state index in [-0.39, 0.29) is 17.6 Å². The van der Waals surface area contributed by atoms with Crippen LogP contribution in [-0.4, -0.2) is 23.1 Å². The van der Waals surface area contributed by atoms with Crippen molar-refractivity contribution in [2.24, 2.45) is 16.5 Å². The largest absolute Gasteiger partial charge is 0.370 e. The molecule has 0 fully saturated rings. The second-order valence-electron chi connectivity index (χ2n) is 4.49. The standard InChI is InChI=1S/C15H15N5O2/c16-15(17)19-7-10-1-4-12(5-2-10)20-14(22)13-6-3-11(9-21)8-18-13/h1-6,8-9H,7H2,(H,20,22)(H4,16,17,19). The van der Waals surface area contributed by atoms with Crippen molar-refractivity contribution < 1.29 is 9.59 Å². The molecule has 0 saturated heterocycles. The van der Waals surface area contributed by atoms with Crippen LogP contribution in [0.1, 0.15) is 26.4 Å². The number of benzene rings is 1. The first-order valence-corrected chi connectivity index (χ1v) is 6.45. The first kappa shape index (κ1) is 15.2. The van der Waals surface area contributed by atoms with Gasteiger partial charge in [-0.05, 0) is 29.8 Å². The fraction of sp³-hybridized carbons (Fsp3) is 0.0667. The normalized spacial score (nSPS) is 9.82. The Kier molecular flexibility index (Phi) is 4.81. The Hall–Kier alpha value is -3.22. The lowest BCUT2D eigenvalue weighted by atomic mass is 10.2. The summed E-state index contributed by atoms with van der Waals surface area (Å²) in [5, 5.41) is 2.71. The maximum atomic E-state index is 12.0. The summed E-state index contributed by atoms with van der Waals surface area (Å²) in [7, 11) is 0. The molecule has 5 N–H and O–H groups in total. The number of hydrogen-bond acceptors (Lipinski definition) is 4. The molecule has 0 spiro atoms. The summed E-state index contributed by atoms with van der Waals surface area (Å²) in [5.74, 6) is -0.323. The monoisotopic (exact) mass is 297 g/mol. The molecule has 0 aliphatic rings. The zero-order valence-electron chi connectivity index (χ0n) is 11.7. The molecule has 0 atom stereocenters. The van der Waals surface area contributed by atoms with E-state index >= 15 is 0 Å². The van der Waals surface area contributed by atoms with Crippen molar-refractivity contribution in [3.8, 4) is 0 Å². The molecule has 7 heteroatoms. The molecule has 0 radical (unpaired) electrons. The average Bonchev–Trinajstić information content (AvgIpc) is 2.54. The van der Waals surface area contributed by atoms with Crippen LogP contribution < -0.4 is 16.8 Å². The van der Waals surface area contributed by atoms with Crippen LogP contribution in [0.15, 0.2) is 47.6 Å². The second kappa shape index (κ2) is 6.98. The molecular weight excluding hydrogens is 282 g/mol. The van der Waals surface area contributed by atoms with Crippen molar-refractivity contribution in [2.45, 2.75) is 6.54 Å². The third-order valence-electron chi connectivity index (χ3n) is 2.81. The SMILES string of the molecule is NC(N)=NCc1ccc(NC(=O)c2ccc(C=O)cn2)cc1. The molecule has 0 saturated carbocycles. The van der Waals surface area contributed by atoms with Gasteiger partial charge < -0.3 is 16.8 Å². The Morgan fingerprint density at radius 3 is 2.45 bits per heavy atom. The van der Waals surface area contributed by atoms with Gasteiger partial charge >= 0.3 is 0 Å². The molecule has 1 heterocycles. The summed E-state index contributed by atoms with van der Waals surface area (Å²) in [6, 6.07) is 10.1. The third-order valence-corrected chi connectivity index (χ3v) is 2.81. The van der Waals surface area contributed by atoms with E-state index in [2.05, 4.69) is 15.3 Å². The average molecular weight is 297 g/mol. The van der Waals surface area contributed by atoms with Crippen molar-refractivity contribution >= 4 is 23.8 Å². The van der Waals surface area contributed by atoms with Crippen LogP contribution in [-0.2, 0) is 6.54 Å². The number of guanidine groups is 1. The number of nitrogens with zero attached hydrogens (tertiary/aromatic N) is 2. The van der Waals surface area contributed by atoms with Gasteiger partial charge in [-0.2, -0.15) is 0 Å². The number of aromatic nitrogens is 1. The van der Waals surface area contributed by atoms with E-state index in [4.69, 9.17) is 11.5 Å². The number of pyridine rings is 1. The Morgan fingerprint density at radius 2 is 1.91 bits per heavy atom. The second-order valence-corrected chi connectivity index (χ2v) is 4.49. The van der Waals surface area contributed by atoms with Crippen LogP contribution in [0, 0.1) is 0 Å². The minimum Gasteiger partial charge on any atom is -0.370 e. The van der Waals surface area contributed by atoms with E-state index in [1.807, 2.05) is 12.1 Å². The number of amides is 1. The van der Waals surface area contributed by atoms with Gasteiger partial charge in [0.15, 0.2) is 12.2 Å². The van der Waals surface area contributed by atoms with E-state index in [0.717, 1.165) is 5.56 Å². The quantitative estimate of drug-likeness (QED) is 0.430. The number of carbonyl (C=O) groups excluding carboxylic acids is 2. The Labute approximate surface area is 127 Å². The minimum atomic E-state index is -0.352. The molecule has 0 unspecified atom stereocenters. The number of anilines is 1. The fourth-order valence-corrected chi connectivity index (χ4v) is 1.68. The van der Waals surface area contributed by atoms with Gasteiger partial charge in [-0.1, -0.05) is 12.1 Å². The van der Waals surface area contributed by atoms with E-state index in [1.54, 1.807) is 12.1 Å². The van der Waals surface area contributed by atoms with Gasteiger partial charge in [-0.3, -0.25) is 14.6 Å². The van der Waals surface area contributed by atoms with Gasteiger partial charge in [0.25, 0.3) is 5.91 Å². The van der Waals surface area contributed by atoms with Crippen molar-refractivity contribution in [1.29, 1.82) is 0 Å². The van der Waals surface area contributed by atoms with Gasteiger partial charge in [0.1, 0.15) is 5.69 Å². The highest BCUT2D eigenvalue weighted by molar-refractivity contribution is 6.03. The molecule has 1 aromatic carbocycles. The number of nitrogens with two attached hydrogens (primary N) is 2. The first-order valence-electron chi connectivity index (χ1n) is 6.45. The summed E-state index contributed by atoms with van der Waals surface area (Å²) in [6.45, 7) is 0.380. The van der Waals surface area contributed by atoms with Gasteiger partial charge in [0.2, 0.25) is 0 Å². The van der Waals surface area contributed by atoms with E-state index < -0.39 is 0 Å². The van der Waals surface area contributed by atoms with Crippen LogP contribution in [0.4, 0.5) is 5.69 Å². The maximum absolute atomic E-state index is 12.0. The van der Waals surface area contributed by atoms with Crippen LogP contribution in [0.3, 0.4) is 0 Å². The number of carbonyl (C=O) groups is 2. The molecule has 1 aromatic heterocycles. The predicted octanol–water partition coefficient (Wildman–Crippen LogP) is 0.920. The molecular formula is C15H15N5O2. The summed E-state index contributed by atoms with van der Waals surface area (Å²) in [6.07, 6.45) is 2.02. The highest BCUT2D eigenvalue weighted by Crippen LogP contribution is 2.11. The van der Waals surface area contributed by atoms with E-state index in [9.17, 15) is 9.59 Å². The summed E-state index contributed by atoms with van der Waals surface area (Å²) >= 11 is 0. The molecule has 0 aliphatic carbocycles. The number of aliphatic imine (C=N–C) groups is 1. The van der Waals surface area contributed by atoms with E-state index in [0.29, 0.717) is 24.1 Å². The van der Waals surface area contributed by atoms with Crippen molar-refractivity contribution in [1.82, 2.24) is 4.98 Å². The van der Waals surface area contributed by atoms with Crippen molar-refractivity contribution in [2.75, 3.05) is 5.32 Å². The lowest BCUT2D eigenvalue weighted by molar-refractivity contribution is 0.102. The summed E-state index contributed by atoms with van der Waals surface area (Å²) in [5.41, 5.74) is 12.7. The molecule has 2 rings (SSSR count). The van der Waals surface area contributed by atoms with Crippen LogP contribution in [0.25, 0.3) is 0 Å². The zero-order chi connectivity index (χ0) is 15.9. The van der Waals surface area contributed by atoms with Crippen LogP contribution in [0.2, 0.25) is 0 Å². The summed E-state index contributed by atoms with van der Waals surface area (Å²) in [4.78, 5) is 30.4. The van der Waals surface area contributed by atoms with Crippen LogP contribution >= 0.6 is 0 Å². The van der Waals surface area contributed by atoms with Gasteiger partial charge in [0.05, 0.1) is 6.54 Å². The molecule has 0 bridgehead atoms. The minimum absolute atomic E-state index is 0.0298. The topological polar surface area (TPSA) is 123 Å². The zero-order valence-corrected chi connectivity index (χ0v) is 11.7. The highest BCUT2D eigenvalue weighted by atomic mass is 16.1. The van der Waals surface area contributed by atoms with Gasteiger partial charge in [-0.25, -0.2) is 4.99 Å². The van der Waals surface area contributed by atoms with E-state index in [1.165, 1.54) is 18.3 Å².